The minimum absolute atomic E-state index is 0.00858. The molecule has 1 heterocycles. The highest BCUT2D eigenvalue weighted by atomic mass is 16.5. The van der Waals surface area contributed by atoms with Crippen LogP contribution in [0.3, 0.4) is 0 Å². The molecule has 0 aromatic heterocycles. The van der Waals surface area contributed by atoms with Crippen molar-refractivity contribution in [2.75, 3.05) is 26.2 Å². The summed E-state index contributed by atoms with van der Waals surface area (Å²) in [4.78, 5) is 2.63. The predicted octanol–water partition coefficient (Wildman–Crippen LogP) is 2.65. The second-order valence-electron chi connectivity index (χ2n) is 6.01. The van der Waals surface area contributed by atoms with Gasteiger partial charge in [0.15, 0.2) is 0 Å². The Balaban J connectivity index is 2.67. The Labute approximate surface area is 113 Å². The third kappa shape index (κ3) is 4.52. The first-order valence-electron chi connectivity index (χ1n) is 7.65. The summed E-state index contributed by atoms with van der Waals surface area (Å²) in [6, 6.07) is 1.27. The van der Waals surface area contributed by atoms with Gasteiger partial charge in [0.05, 0.1) is 12.2 Å². The monoisotopic (exact) mass is 256 g/mol. The number of morpholine rings is 1. The van der Waals surface area contributed by atoms with Crippen molar-refractivity contribution in [3.63, 3.8) is 0 Å². The zero-order valence-electron chi connectivity index (χ0n) is 13.0. The standard InChI is InChI=1S/C15H32N2O/c1-6-9-13(16-8-3)14(7-2)17-10-11-18-15(4,5)12-17/h13-14,16H,6-12H2,1-5H3. The highest BCUT2D eigenvalue weighted by Gasteiger charge is 2.33. The molecule has 108 valence electrons. The fourth-order valence-corrected chi connectivity index (χ4v) is 3.14. The van der Waals surface area contributed by atoms with E-state index in [9.17, 15) is 0 Å². The molecule has 0 aromatic carbocycles. The van der Waals surface area contributed by atoms with Crippen LogP contribution in [0, 0.1) is 0 Å². The third-order valence-electron chi connectivity index (χ3n) is 3.87. The summed E-state index contributed by atoms with van der Waals surface area (Å²) in [7, 11) is 0. The molecular weight excluding hydrogens is 224 g/mol. The molecule has 0 bridgehead atoms. The molecule has 1 aliphatic heterocycles. The molecule has 0 spiro atoms. The number of hydrogen-bond donors (Lipinski definition) is 1. The number of likely N-dealkylation sites (N-methyl/N-ethyl adjacent to an activating group) is 1. The van der Waals surface area contributed by atoms with E-state index in [-0.39, 0.29) is 5.60 Å². The van der Waals surface area contributed by atoms with Crippen LogP contribution < -0.4 is 5.32 Å². The van der Waals surface area contributed by atoms with Crippen LogP contribution in [-0.2, 0) is 4.74 Å². The minimum Gasteiger partial charge on any atom is -0.373 e. The highest BCUT2D eigenvalue weighted by molar-refractivity contribution is 4.89. The average Bonchev–Trinajstić information content (AvgIpc) is 2.29. The summed E-state index contributed by atoms with van der Waals surface area (Å²) in [6.07, 6.45) is 3.74. The van der Waals surface area contributed by atoms with Gasteiger partial charge in [-0.25, -0.2) is 0 Å². The molecule has 3 nitrogen and oxygen atoms in total. The van der Waals surface area contributed by atoms with Gasteiger partial charge in [-0.05, 0) is 33.2 Å². The molecule has 0 aromatic rings. The molecule has 0 aliphatic carbocycles. The maximum Gasteiger partial charge on any atom is 0.0753 e. The van der Waals surface area contributed by atoms with Crippen molar-refractivity contribution in [1.29, 1.82) is 0 Å². The summed E-state index contributed by atoms with van der Waals surface area (Å²) in [5.74, 6) is 0. The molecule has 18 heavy (non-hydrogen) atoms. The summed E-state index contributed by atoms with van der Waals surface area (Å²) < 4.78 is 5.83. The van der Waals surface area contributed by atoms with E-state index >= 15 is 0 Å². The zero-order valence-corrected chi connectivity index (χ0v) is 13.0. The Morgan fingerprint density at radius 3 is 2.50 bits per heavy atom. The first-order valence-corrected chi connectivity index (χ1v) is 7.65. The van der Waals surface area contributed by atoms with Gasteiger partial charge in [0.25, 0.3) is 0 Å². The molecule has 1 saturated heterocycles. The van der Waals surface area contributed by atoms with Crippen molar-refractivity contribution in [1.82, 2.24) is 10.2 Å². The Bertz CT molecular complexity index is 225. The fraction of sp³-hybridized carbons (Fsp3) is 1.00. The molecule has 0 radical (unpaired) electrons. The quantitative estimate of drug-likeness (QED) is 0.758. The number of nitrogens with zero attached hydrogens (tertiary/aromatic N) is 1. The SMILES string of the molecule is CCCC(NCC)C(CC)N1CCOC(C)(C)C1. The van der Waals surface area contributed by atoms with Crippen LogP contribution in [-0.4, -0.2) is 48.8 Å². The maximum atomic E-state index is 5.83. The van der Waals surface area contributed by atoms with E-state index in [1.54, 1.807) is 0 Å². The lowest BCUT2D eigenvalue weighted by Crippen LogP contribution is -2.57. The lowest BCUT2D eigenvalue weighted by atomic mass is 9.96. The zero-order chi connectivity index (χ0) is 13.6. The first-order chi connectivity index (χ1) is 8.54. The molecule has 3 heteroatoms. The van der Waals surface area contributed by atoms with Gasteiger partial charge in [-0.1, -0.05) is 27.2 Å². The fourth-order valence-electron chi connectivity index (χ4n) is 3.14. The number of ether oxygens (including phenoxy) is 1. The molecule has 1 N–H and O–H groups in total. The summed E-state index contributed by atoms with van der Waals surface area (Å²) >= 11 is 0. The molecule has 2 unspecified atom stereocenters. The van der Waals surface area contributed by atoms with Gasteiger partial charge in [-0.15, -0.1) is 0 Å². The van der Waals surface area contributed by atoms with Crippen LogP contribution >= 0.6 is 0 Å². The summed E-state index contributed by atoms with van der Waals surface area (Å²) in [5, 5.41) is 3.68. The van der Waals surface area contributed by atoms with E-state index in [0.717, 1.165) is 26.2 Å². The Morgan fingerprint density at radius 2 is 2.00 bits per heavy atom. The van der Waals surface area contributed by atoms with E-state index < -0.39 is 0 Å². The largest absolute Gasteiger partial charge is 0.373 e. The number of nitrogens with one attached hydrogen (secondary N) is 1. The molecule has 1 fully saturated rings. The lowest BCUT2D eigenvalue weighted by molar-refractivity contribution is -0.101. The van der Waals surface area contributed by atoms with Gasteiger partial charge in [-0.3, -0.25) is 4.90 Å². The second-order valence-corrected chi connectivity index (χ2v) is 6.01. The first kappa shape index (κ1) is 15.9. The minimum atomic E-state index is 0.00858. The van der Waals surface area contributed by atoms with E-state index in [2.05, 4.69) is 44.8 Å². The molecule has 0 saturated carbocycles. The Kier molecular flexibility index (Phi) is 6.61. The van der Waals surface area contributed by atoms with Crippen LogP contribution in [0.15, 0.2) is 0 Å². The smallest absolute Gasteiger partial charge is 0.0753 e. The molecule has 0 amide bonds. The van der Waals surface area contributed by atoms with Crippen molar-refractivity contribution >= 4 is 0 Å². The molecule has 1 aliphatic rings. The average molecular weight is 256 g/mol. The molecular formula is C15H32N2O. The molecule has 2 atom stereocenters. The van der Waals surface area contributed by atoms with Crippen molar-refractivity contribution in [3.8, 4) is 0 Å². The third-order valence-corrected chi connectivity index (χ3v) is 3.87. The van der Waals surface area contributed by atoms with Crippen molar-refractivity contribution in [3.05, 3.63) is 0 Å². The van der Waals surface area contributed by atoms with Gasteiger partial charge in [0, 0.05) is 25.2 Å². The van der Waals surface area contributed by atoms with Crippen molar-refractivity contribution in [2.45, 2.75) is 71.6 Å². The maximum absolute atomic E-state index is 5.83. The van der Waals surface area contributed by atoms with Gasteiger partial charge in [-0.2, -0.15) is 0 Å². The van der Waals surface area contributed by atoms with Crippen LogP contribution in [0.25, 0.3) is 0 Å². The highest BCUT2D eigenvalue weighted by Crippen LogP contribution is 2.22. The Hall–Kier alpha value is -0.120. The van der Waals surface area contributed by atoms with Gasteiger partial charge in [0.2, 0.25) is 0 Å². The topological polar surface area (TPSA) is 24.5 Å². The van der Waals surface area contributed by atoms with Crippen LogP contribution in [0.1, 0.15) is 53.9 Å². The van der Waals surface area contributed by atoms with E-state index in [1.807, 2.05) is 0 Å². The lowest BCUT2D eigenvalue weighted by Gasteiger charge is -2.44. The van der Waals surface area contributed by atoms with Crippen LogP contribution in [0.5, 0.6) is 0 Å². The number of hydrogen-bond acceptors (Lipinski definition) is 3. The predicted molar refractivity (Wildman–Crippen MR) is 78.1 cm³/mol. The van der Waals surface area contributed by atoms with Crippen molar-refractivity contribution in [2.24, 2.45) is 0 Å². The van der Waals surface area contributed by atoms with Gasteiger partial charge in [0.1, 0.15) is 0 Å². The second kappa shape index (κ2) is 7.46. The van der Waals surface area contributed by atoms with Crippen LogP contribution in [0.2, 0.25) is 0 Å². The van der Waals surface area contributed by atoms with Gasteiger partial charge < -0.3 is 10.1 Å². The van der Waals surface area contributed by atoms with E-state index in [0.29, 0.717) is 12.1 Å². The van der Waals surface area contributed by atoms with Crippen LogP contribution in [0.4, 0.5) is 0 Å². The molecule has 1 rings (SSSR count). The summed E-state index contributed by atoms with van der Waals surface area (Å²) in [6.45, 7) is 15.3. The van der Waals surface area contributed by atoms with E-state index in [1.165, 1.54) is 19.3 Å². The van der Waals surface area contributed by atoms with E-state index in [4.69, 9.17) is 4.74 Å². The van der Waals surface area contributed by atoms with Crippen molar-refractivity contribution < 1.29 is 4.74 Å². The Morgan fingerprint density at radius 1 is 1.28 bits per heavy atom. The number of rotatable bonds is 7. The summed E-state index contributed by atoms with van der Waals surface area (Å²) in [5.41, 5.74) is 0.00858. The van der Waals surface area contributed by atoms with Gasteiger partial charge >= 0.3 is 0 Å². The normalized spacial score (nSPS) is 23.8.